The minimum absolute atomic E-state index is 0.0717. The molecule has 1 N–H and O–H groups in total. The number of carbonyl (C=O) groups is 1. The minimum Gasteiger partial charge on any atom is -0.495 e. The van der Waals surface area contributed by atoms with Gasteiger partial charge in [0.05, 0.1) is 25.2 Å². The van der Waals surface area contributed by atoms with Gasteiger partial charge in [0.15, 0.2) is 0 Å². The smallest absolute Gasteiger partial charge is 0.274 e. The second kappa shape index (κ2) is 8.70. The fourth-order valence-electron chi connectivity index (χ4n) is 3.04. The van der Waals surface area contributed by atoms with Crippen molar-refractivity contribution in [2.24, 2.45) is 5.92 Å². The van der Waals surface area contributed by atoms with Gasteiger partial charge >= 0.3 is 0 Å². The molecular formula is C20H27N5O2. The number of hydrogen-bond donors (Lipinski definition) is 1. The van der Waals surface area contributed by atoms with Gasteiger partial charge in [-0.05, 0) is 18.1 Å². The van der Waals surface area contributed by atoms with Gasteiger partial charge in [0.25, 0.3) is 5.91 Å². The van der Waals surface area contributed by atoms with Crippen LogP contribution in [-0.4, -0.2) is 60.6 Å². The number of amides is 1. The first-order valence-electron chi connectivity index (χ1n) is 9.31. The van der Waals surface area contributed by atoms with Crippen LogP contribution in [-0.2, 0) is 0 Å². The highest BCUT2D eigenvalue weighted by Crippen LogP contribution is 2.28. The van der Waals surface area contributed by atoms with Crippen LogP contribution in [0.4, 0.5) is 11.5 Å². The normalized spacial score (nSPS) is 14.4. The number of hydrogen-bond acceptors (Lipinski definition) is 6. The van der Waals surface area contributed by atoms with Crippen LogP contribution in [0.15, 0.2) is 36.7 Å². The highest BCUT2D eigenvalue weighted by Gasteiger charge is 2.24. The molecule has 7 heteroatoms. The lowest BCUT2D eigenvalue weighted by atomic mass is 10.2. The van der Waals surface area contributed by atoms with Crippen LogP contribution in [0.2, 0.25) is 0 Å². The molecule has 1 aromatic carbocycles. The quantitative estimate of drug-likeness (QED) is 0.844. The number of rotatable bonds is 6. The molecule has 0 aliphatic carbocycles. The molecule has 1 aliphatic rings. The number of nitrogens with one attached hydrogen (secondary N) is 1. The van der Waals surface area contributed by atoms with E-state index in [0.29, 0.717) is 30.5 Å². The summed E-state index contributed by atoms with van der Waals surface area (Å²) in [5.74, 6) is 2.00. The van der Waals surface area contributed by atoms with Crippen LogP contribution in [0.5, 0.6) is 5.75 Å². The van der Waals surface area contributed by atoms with Crippen molar-refractivity contribution in [1.29, 1.82) is 0 Å². The van der Waals surface area contributed by atoms with E-state index >= 15 is 0 Å². The summed E-state index contributed by atoms with van der Waals surface area (Å²) >= 11 is 0. The predicted molar refractivity (Wildman–Crippen MR) is 106 cm³/mol. The van der Waals surface area contributed by atoms with Crippen molar-refractivity contribution < 1.29 is 9.53 Å². The van der Waals surface area contributed by atoms with Crippen molar-refractivity contribution in [3.8, 4) is 5.75 Å². The molecule has 0 radical (unpaired) electrons. The summed E-state index contributed by atoms with van der Waals surface area (Å²) in [7, 11) is 1.68. The van der Waals surface area contributed by atoms with Crippen LogP contribution < -0.4 is 15.0 Å². The highest BCUT2D eigenvalue weighted by atomic mass is 16.5. The molecule has 0 bridgehead atoms. The zero-order valence-electron chi connectivity index (χ0n) is 16.2. The third-order valence-corrected chi connectivity index (χ3v) is 4.56. The second-order valence-electron chi connectivity index (χ2n) is 7.01. The summed E-state index contributed by atoms with van der Waals surface area (Å²) in [4.78, 5) is 25.4. The molecule has 0 saturated carbocycles. The van der Waals surface area contributed by atoms with E-state index in [1.54, 1.807) is 19.5 Å². The SMILES string of the molecule is COc1ccccc1N1CCN(C(=O)c2cnc(NCC(C)C)cn2)CC1. The van der Waals surface area contributed by atoms with Gasteiger partial charge in [-0.15, -0.1) is 0 Å². The molecule has 27 heavy (non-hydrogen) atoms. The summed E-state index contributed by atoms with van der Waals surface area (Å²) in [6, 6.07) is 7.96. The lowest BCUT2D eigenvalue weighted by Crippen LogP contribution is -2.49. The Morgan fingerprint density at radius 3 is 2.52 bits per heavy atom. The number of ether oxygens (including phenoxy) is 1. The van der Waals surface area contributed by atoms with E-state index in [0.717, 1.165) is 31.1 Å². The number of nitrogens with zero attached hydrogens (tertiary/aromatic N) is 4. The topological polar surface area (TPSA) is 70.6 Å². The first-order valence-corrected chi connectivity index (χ1v) is 9.31. The lowest BCUT2D eigenvalue weighted by molar-refractivity contribution is 0.0740. The Balaban J connectivity index is 1.58. The summed E-state index contributed by atoms with van der Waals surface area (Å²) in [5.41, 5.74) is 1.45. The number of carbonyl (C=O) groups excluding carboxylic acids is 1. The molecule has 3 rings (SSSR count). The Bertz CT molecular complexity index is 755. The average molecular weight is 369 g/mol. The number of para-hydroxylation sites is 2. The molecule has 0 atom stereocenters. The molecule has 2 aromatic rings. The average Bonchev–Trinajstić information content (AvgIpc) is 2.72. The third kappa shape index (κ3) is 4.67. The Morgan fingerprint density at radius 1 is 1.15 bits per heavy atom. The molecule has 7 nitrogen and oxygen atoms in total. The van der Waals surface area contributed by atoms with E-state index in [9.17, 15) is 4.79 Å². The molecule has 0 spiro atoms. The van der Waals surface area contributed by atoms with Gasteiger partial charge in [-0.3, -0.25) is 4.79 Å². The fraction of sp³-hybridized carbons (Fsp3) is 0.450. The number of piperazine rings is 1. The number of benzene rings is 1. The van der Waals surface area contributed by atoms with Gasteiger partial charge in [0.2, 0.25) is 0 Å². The van der Waals surface area contributed by atoms with Crippen molar-refractivity contribution >= 4 is 17.4 Å². The Kier molecular flexibility index (Phi) is 6.11. The predicted octanol–water partition coefficient (Wildman–Crippen LogP) is 2.52. The molecule has 1 saturated heterocycles. The van der Waals surface area contributed by atoms with Gasteiger partial charge in [-0.1, -0.05) is 26.0 Å². The van der Waals surface area contributed by atoms with Crippen LogP contribution >= 0.6 is 0 Å². The monoisotopic (exact) mass is 369 g/mol. The molecule has 1 aliphatic heterocycles. The summed E-state index contributed by atoms with van der Waals surface area (Å²) in [5, 5.41) is 3.21. The van der Waals surface area contributed by atoms with Gasteiger partial charge in [-0.25, -0.2) is 9.97 Å². The minimum atomic E-state index is -0.0717. The molecule has 1 fully saturated rings. The first kappa shape index (κ1) is 18.9. The zero-order valence-corrected chi connectivity index (χ0v) is 16.2. The summed E-state index contributed by atoms with van der Waals surface area (Å²) in [6.07, 6.45) is 3.18. The molecule has 1 amide bonds. The number of methoxy groups -OCH3 is 1. The lowest BCUT2D eigenvalue weighted by Gasteiger charge is -2.36. The number of aromatic nitrogens is 2. The van der Waals surface area contributed by atoms with Crippen molar-refractivity contribution in [2.45, 2.75) is 13.8 Å². The molecule has 144 valence electrons. The molecule has 0 unspecified atom stereocenters. The Morgan fingerprint density at radius 2 is 1.89 bits per heavy atom. The van der Waals surface area contributed by atoms with Gasteiger partial charge in [0.1, 0.15) is 17.3 Å². The van der Waals surface area contributed by atoms with E-state index in [-0.39, 0.29) is 5.91 Å². The number of anilines is 2. The van der Waals surface area contributed by atoms with E-state index in [1.165, 1.54) is 0 Å². The van der Waals surface area contributed by atoms with Crippen molar-refractivity contribution in [2.75, 3.05) is 50.1 Å². The van der Waals surface area contributed by atoms with E-state index in [4.69, 9.17) is 4.74 Å². The van der Waals surface area contributed by atoms with E-state index in [2.05, 4.69) is 34.0 Å². The van der Waals surface area contributed by atoms with Crippen LogP contribution in [0, 0.1) is 5.92 Å². The highest BCUT2D eigenvalue weighted by molar-refractivity contribution is 5.92. The maximum atomic E-state index is 12.7. The van der Waals surface area contributed by atoms with Crippen LogP contribution in [0.25, 0.3) is 0 Å². The third-order valence-electron chi connectivity index (χ3n) is 4.56. The van der Waals surface area contributed by atoms with Gasteiger partial charge < -0.3 is 19.9 Å². The summed E-state index contributed by atoms with van der Waals surface area (Å²) < 4.78 is 5.44. The largest absolute Gasteiger partial charge is 0.495 e. The van der Waals surface area contributed by atoms with Crippen LogP contribution in [0.3, 0.4) is 0 Å². The van der Waals surface area contributed by atoms with E-state index in [1.807, 2.05) is 29.2 Å². The Hall–Kier alpha value is -2.83. The first-order chi connectivity index (χ1) is 13.1. The Labute approximate surface area is 160 Å². The molecular weight excluding hydrogens is 342 g/mol. The summed E-state index contributed by atoms with van der Waals surface area (Å²) in [6.45, 7) is 7.89. The second-order valence-corrected chi connectivity index (χ2v) is 7.01. The van der Waals surface area contributed by atoms with Crippen molar-refractivity contribution in [3.05, 3.63) is 42.4 Å². The zero-order chi connectivity index (χ0) is 19.2. The maximum absolute atomic E-state index is 12.7. The fourth-order valence-corrected chi connectivity index (χ4v) is 3.04. The van der Waals surface area contributed by atoms with Crippen LogP contribution in [0.1, 0.15) is 24.3 Å². The molecule has 1 aromatic heterocycles. The maximum Gasteiger partial charge on any atom is 0.274 e. The van der Waals surface area contributed by atoms with Gasteiger partial charge in [-0.2, -0.15) is 0 Å². The molecule has 2 heterocycles. The van der Waals surface area contributed by atoms with Crippen molar-refractivity contribution in [3.63, 3.8) is 0 Å². The van der Waals surface area contributed by atoms with E-state index < -0.39 is 0 Å². The standard InChI is InChI=1S/C20H27N5O2/c1-15(2)12-22-19-14-21-16(13-23-19)20(26)25-10-8-24(9-11-25)17-6-4-5-7-18(17)27-3/h4-7,13-15H,8-12H2,1-3H3,(H,22,23). The van der Waals surface area contributed by atoms with Crippen molar-refractivity contribution in [1.82, 2.24) is 14.9 Å². The van der Waals surface area contributed by atoms with Gasteiger partial charge in [0, 0.05) is 32.7 Å².